The van der Waals surface area contributed by atoms with Gasteiger partial charge in [0.2, 0.25) is 0 Å². The van der Waals surface area contributed by atoms with Crippen molar-refractivity contribution in [3.05, 3.63) is 28.8 Å². The number of rotatable bonds is 7. The number of hydrogen-bond donors (Lipinski definition) is 2. The fourth-order valence-corrected chi connectivity index (χ4v) is 2.31. The van der Waals surface area contributed by atoms with Gasteiger partial charge in [-0.05, 0) is 38.3 Å². The van der Waals surface area contributed by atoms with Crippen molar-refractivity contribution in [2.45, 2.75) is 46.6 Å². The number of carbonyl (C=O) groups excluding carboxylic acids is 1. The van der Waals surface area contributed by atoms with Crippen LogP contribution in [-0.2, 0) is 9.59 Å². The third kappa shape index (κ3) is 5.45. The van der Waals surface area contributed by atoms with Gasteiger partial charge < -0.3 is 15.2 Å². The van der Waals surface area contributed by atoms with E-state index in [2.05, 4.69) is 5.32 Å². The van der Waals surface area contributed by atoms with E-state index >= 15 is 0 Å². The van der Waals surface area contributed by atoms with Crippen molar-refractivity contribution in [3.63, 3.8) is 0 Å². The highest BCUT2D eigenvalue weighted by molar-refractivity contribution is 5.78. The minimum atomic E-state index is -0.923. The highest BCUT2D eigenvalue weighted by atomic mass is 16.5. The molecule has 1 unspecified atom stereocenters. The van der Waals surface area contributed by atoms with Crippen molar-refractivity contribution in [1.29, 1.82) is 0 Å². The maximum atomic E-state index is 11.8. The van der Waals surface area contributed by atoms with Crippen LogP contribution < -0.4 is 10.1 Å². The maximum Gasteiger partial charge on any atom is 0.305 e. The normalized spacial score (nSPS) is 11.8. The Balaban J connectivity index is 2.59. The number of aryl methyl sites for hydroxylation is 3. The van der Waals surface area contributed by atoms with Crippen molar-refractivity contribution in [3.8, 4) is 5.75 Å². The van der Waals surface area contributed by atoms with Crippen LogP contribution in [0.25, 0.3) is 0 Å². The zero-order valence-corrected chi connectivity index (χ0v) is 13.0. The fraction of sp³-hybridized carbons (Fsp3) is 0.500. The van der Waals surface area contributed by atoms with E-state index in [0.717, 1.165) is 16.7 Å². The number of carboxylic acids is 1. The van der Waals surface area contributed by atoms with Crippen LogP contribution >= 0.6 is 0 Å². The Morgan fingerprint density at radius 3 is 2.29 bits per heavy atom. The lowest BCUT2D eigenvalue weighted by atomic mass is 10.1. The smallest absolute Gasteiger partial charge is 0.305 e. The Morgan fingerprint density at radius 1 is 1.24 bits per heavy atom. The van der Waals surface area contributed by atoms with E-state index in [9.17, 15) is 9.59 Å². The molecule has 5 nitrogen and oxygen atoms in total. The molecule has 0 heterocycles. The van der Waals surface area contributed by atoms with Crippen molar-refractivity contribution in [1.82, 2.24) is 5.32 Å². The predicted octanol–water partition coefficient (Wildman–Crippen LogP) is 2.36. The monoisotopic (exact) mass is 293 g/mol. The maximum absolute atomic E-state index is 11.8. The summed E-state index contributed by atoms with van der Waals surface area (Å²) in [6.07, 6.45) is 0.492. The minimum absolute atomic E-state index is 0.0785. The zero-order chi connectivity index (χ0) is 16.0. The van der Waals surface area contributed by atoms with E-state index in [4.69, 9.17) is 9.84 Å². The summed E-state index contributed by atoms with van der Waals surface area (Å²) in [6, 6.07) is 3.64. The molecule has 1 aromatic rings. The third-order valence-corrected chi connectivity index (χ3v) is 3.23. The van der Waals surface area contributed by atoms with Gasteiger partial charge in [0.15, 0.2) is 6.61 Å². The molecule has 0 radical (unpaired) electrons. The number of amides is 1. The molecule has 0 fully saturated rings. The predicted molar refractivity (Wildman–Crippen MR) is 80.6 cm³/mol. The van der Waals surface area contributed by atoms with E-state index in [1.54, 1.807) is 0 Å². The molecule has 0 aromatic heterocycles. The van der Waals surface area contributed by atoms with Gasteiger partial charge in [-0.3, -0.25) is 9.59 Å². The summed E-state index contributed by atoms with van der Waals surface area (Å²) in [6.45, 7) is 7.61. The molecule has 0 aliphatic rings. The van der Waals surface area contributed by atoms with E-state index in [-0.39, 0.29) is 25.0 Å². The van der Waals surface area contributed by atoms with Crippen LogP contribution in [0, 0.1) is 20.8 Å². The summed E-state index contributed by atoms with van der Waals surface area (Å²) in [4.78, 5) is 22.5. The minimum Gasteiger partial charge on any atom is -0.483 e. The number of benzene rings is 1. The zero-order valence-electron chi connectivity index (χ0n) is 13.0. The number of hydrogen-bond acceptors (Lipinski definition) is 3. The van der Waals surface area contributed by atoms with Crippen LogP contribution in [0.4, 0.5) is 0 Å². The lowest BCUT2D eigenvalue weighted by Gasteiger charge is -2.16. The molecule has 21 heavy (non-hydrogen) atoms. The number of ether oxygens (including phenoxy) is 1. The van der Waals surface area contributed by atoms with Crippen LogP contribution in [0.3, 0.4) is 0 Å². The van der Waals surface area contributed by atoms with E-state index in [0.29, 0.717) is 12.2 Å². The molecule has 0 bridgehead atoms. The van der Waals surface area contributed by atoms with Gasteiger partial charge in [-0.2, -0.15) is 0 Å². The van der Waals surface area contributed by atoms with Crippen LogP contribution in [0.15, 0.2) is 12.1 Å². The summed E-state index contributed by atoms with van der Waals surface area (Å²) in [5.74, 6) is -0.516. The average Bonchev–Trinajstić information content (AvgIpc) is 2.35. The second kappa shape index (κ2) is 7.67. The average molecular weight is 293 g/mol. The molecule has 116 valence electrons. The summed E-state index contributed by atoms with van der Waals surface area (Å²) in [5, 5.41) is 11.4. The highest BCUT2D eigenvalue weighted by Crippen LogP contribution is 2.24. The van der Waals surface area contributed by atoms with E-state index < -0.39 is 5.97 Å². The molecule has 1 aromatic carbocycles. The van der Waals surface area contributed by atoms with Gasteiger partial charge in [0, 0.05) is 6.04 Å². The molecule has 0 saturated carbocycles. The molecular formula is C16H23NO4. The van der Waals surface area contributed by atoms with Crippen LogP contribution in [0.5, 0.6) is 5.75 Å². The number of aliphatic carboxylic acids is 1. The molecule has 0 spiro atoms. The van der Waals surface area contributed by atoms with Gasteiger partial charge in [-0.25, -0.2) is 0 Å². The number of carbonyl (C=O) groups is 2. The first-order valence-electron chi connectivity index (χ1n) is 7.05. The van der Waals surface area contributed by atoms with Gasteiger partial charge in [0.25, 0.3) is 5.91 Å². The van der Waals surface area contributed by atoms with E-state index in [1.807, 2.05) is 39.8 Å². The lowest BCUT2D eigenvalue weighted by Crippen LogP contribution is -2.38. The number of carboxylic acid groups (broad SMARTS) is 1. The van der Waals surface area contributed by atoms with Gasteiger partial charge in [0.1, 0.15) is 5.75 Å². The summed E-state index contributed by atoms with van der Waals surface area (Å²) < 4.78 is 5.58. The number of nitrogens with one attached hydrogen (secondary N) is 1. The summed E-state index contributed by atoms with van der Waals surface area (Å²) in [5.41, 5.74) is 3.12. The van der Waals surface area contributed by atoms with Crippen LogP contribution in [0.1, 0.15) is 36.5 Å². The molecule has 5 heteroatoms. The van der Waals surface area contributed by atoms with Crippen molar-refractivity contribution in [2.75, 3.05) is 6.61 Å². The Bertz CT molecular complexity index is 502. The quantitative estimate of drug-likeness (QED) is 0.809. The van der Waals surface area contributed by atoms with Gasteiger partial charge in [-0.15, -0.1) is 0 Å². The van der Waals surface area contributed by atoms with Gasteiger partial charge in [0.05, 0.1) is 6.42 Å². The topological polar surface area (TPSA) is 75.6 Å². The Morgan fingerprint density at radius 2 is 1.81 bits per heavy atom. The fourth-order valence-electron chi connectivity index (χ4n) is 2.31. The highest BCUT2D eigenvalue weighted by Gasteiger charge is 2.15. The van der Waals surface area contributed by atoms with Crippen molar-refractivity contribution in [2.24, 2.45) is 0 Å². The molecular weight excluding hydrogens is 270 g/mol. The van der Waals surface area contributed by atoms with Crippen LogP contribution in [-0.4, -0.2) is 29.6 Å². The molecule has 2 N–H and O–H groups in total. The second-order valence-corrected chi connectivity index (χ2v) is 5.29. The lowest BCUT2D eigenvalue weighted by molar-refractivity contribution is -0.137. The molecule has 0 aliphatic heterocycles. The first-order chi connectivity index (χ1) is 9.83. The molecule has 0 saturated heterocycles. The van der Waals surface area contributed by atoms with Crippen LogP contribution in [0.2, 0.25) is 0 Å². The standard InChI is InChI=1S/C16H23NO4/c1-5-13(8-15(19)20)17-14(18)9-21-16-11(3)6-10(2)7-12(16)4/h6-7,13H,5,8-9H2,1-4H3,(H,17,18)(H,19,20). The molecule has 1 amide bonds. The van der Waals surface area contributed by atoms with Crippen molar-refractivity contribution < 1.29 is 19.4 Å². The SMILES string of the molecule is CCC(CC(=O)O)NC(=O)COc1c(C)cc(C)cc1C. The largest absolute Gasteiger partial charge is 0.483 e. The first-order valence-corrected chi connectivity index (χ1v) is 7.05. The Kier molecular flexibility index (Phi) is 6.21. The molecule has 1 atom stereocenters. The third-order valence-electron chi connectivity index (χ3n) is 3.23. The van der Waals surface area contributed by atoms with E-state index in [1.165, 1.54) is 0 Å². The Labute approximate surface area is 125 Å². The summed E-state index contributed by atoms with van der Waals surface area (Å²) >= 11 is 0. The molecule has 0 aliphatic carbocycles. The van der Waals surface area contributed by atoms with Crippen molar-refractivity contribution >= 4 is 11.9 Å². The van der Waals surface area contributed by atoms with Gasteiger partial charge >= 0.3 is 5.97 Å². The second-order valence-electron chi connectivity index (χ2n) is 5.29. The first kappa shape index (κ1) is 17.0. The summed E-state index contributed by atoms with van der Waals surface area (Å²) in [7, 11) is 0. The molecule has 1 rings (SSSR count). The Hall–Kier alpha value is -2.04. The van der Waals surface area contributed by atoms with Gasteiger partial charge in [-0.1, -0.05) is 24.6 Å².